The second-order valence-corrected chi connectivity index (χ2v) is 9.43. The van der Waals surface area contributed by atoms with Crippen molar-refractivity contribution in [1.29, 1.82) is 0 Å². The summed E-state index contributed by atoms with van der Waals surface area (Å²) >= 11 is 7.69. The highest BCUT2D eigenvalue weighted by Crippen LogP contribution is 2.45. The summed E-state index contributed by atoms with van der Waals surface area (Å²) < 4.78 is 23.6. The molecule has 0 radical (unpaired) electrons. The monoisotopic (exact) mass is 529 g/mol. The van der Waals surface area contributed by atoms with Crippen molar-refractivity contribution in [2.45, 2.75) is 25.9 Å². The van der Waals surface area contributed by atoms with E-state index in [1.54, 1.807) is 31.2 Å². The van der Waals surface area contributed by atoms with E-state index in [1.807, 2.05) is 22.4 Å². The van der Waals surface area contributed by atoms with Gasteiger partial charge in [-0.2, -0.15) is 0 Å². The lowest BCUT2D eigenvalue weighted by molar-refractivity contribution is -0.141. The van der Waals surface area contributed by atoms with Crippen LogP contribution in [0.2, 0.25) is 5.02 Å². The fraction of sp³-hybridized carbons (Fsp3) is 0.269. The Morgan fingerprint density at radius 3 is 2.69 bits per heavy atom. The van der Waals surface area contributed by atoms with Crippen molar-refractivity contribution in [1.82, 2.24) is 10.2 Å². The van der Waals surface area contributed by atoms with Crippen molar-refractivity contribution in [2.75, 3.05) is 20.3 Å². The molecule has 36 heavy (non-hydrogen) atoms. The van der Waals surface area contributed by atoms with Gasteiger partial charge in [-0.25, -0.2) is 14.2 Å². The van der Waals surface area contributed by atoms with Crippen LogP contribution in [0, 0.1) is 5.82 Å². The fourth-order valence-corrected chi connectivity index (χ4v) is 5.11. The Labute approximate surface area is 218 Å². The van der Waals surface area contributed by atoms with Crippen LogP contribution in [0.3, 0.4) is 0 Å². The molecule has 1 atom stereocenters. The van der Waals surface area contributed by atoms with Crippen LogP contribution in [0.5, 0.6) is 0 Å². The number of fused-ring (bicyclic) bond motifs is 1. The molecular formula is C26H25ClFN3O4S. The summed E-state index contributed by atoms with van der Waals surface area (Å²) in [5.74, 6) is -1.05. The van der Waals surface area contributed by atoms with Crippen LogP contribution in [0.25, 0.3) is 0 Å². The van der Waals surface area contributed by atoms with E-state index in [2.05, 4.69) is 10.3 Å². The Bertz CT molecular complexity index is 1250. The third-order valence-electron chi connectivity index (χ3n) is 5.65. The maximum absolute atomic E-state index is 13.2. The third-order valence-corrected chi connectivity index (χ3v) is 6.77. The second-order valence-electron chi connectivity index (χ2n) is 8.16. The van der Waals surface area contributed by atoms with E-state index < -0.39 is 12.0 Å². The molecule has 0 aliphatic carbocycles. The van der Waals surface area contributed by atoms with Gasteiger partial charge in [0.05, 0.1) is 30.3 Å². The Morgan fingerprint density at radius 1 is 1.19 bits per heavy atom. The van der Waals surface area contributed by atoms with Crippen LogP contribution in [0.4, 0.5) is 4.39 Å². The summed E-state index contributed by atoms with van der Waals surface area (Å²) in [6.45, 7) is 2.42. The average molecular weight is 530 g/mol. The SMILES string of the molecule is COCCOC(=O)C1=C(C)N=C2SC=C(CC(=O)NCc3ccc(F)cc3)N2[C@@H]1c1cccc(Cl)c1. The average Bonchev–Trinajstić information content (AvgIpc) is 3.24. The number of ether oxygens (including phenoxy) is 2. The van der Waals surface area contributed by atoms with Crippen molar-refractivity contribution in [2.24, 2.45) is 4.99 Å². The number of aliphatic imine (C=N–C) groups is 1. The van der Waals surface area contributed by atoms with Gasteiger partial charge in [0.1, 0.15) is 12.4 Å². The highest BCUT2D eigenvalue weighted by atomic mass is 35.5. The van der Waals surface area contributed by atoms with E-state index in [9.17, 15) is 14.0 Å². The highest BCUT2D eigenvalue weighted by Gasteiger charge is 2.41. The predicted molar refractivity (Wildman–Crippen MR) is 138 cm³/mol. The smallest absolute Gasteiger partial charge is 0.338 e. The Balaban J connectivity index is 1.58. The number of carbonyl (C=O) groups is 2. The Hall–Kier alpha value is -3.14. The normalized spacial score (nSPS) is 16.9. The Kier molecular flexibility index (Phi) is 8.45. The van der Waals surface area contributed by atoms with Crippen LogP contribution in [0.1, 0.15) is 30.5 Å². The van der Waals surface area contributed by atoms with Gasteiger partial charge >= 0.3 is 5.97 Å². The van der Waals surface area contributed by atoms with Gasteiger partial charge in [0.25, 0.3) is 0 Å². The number of benzene rings is 2. The number of amidine groups is 1. The molecule has 7 nitrogen and oxygen atoms in total. The van der Waals surface area contributed by atoms with Gasteiger partial charge in [0, 0.05) is 24.4 Å². The van der Waals surface area contributed by atoms with Gasteiger partial charge in [0.2, 0.25) is 5.91 Å². The molecule has 2 aliphatic rings. The molecule has 1 N–H and O–H groups in total. The topological polar surface area (TPSA) is 80.2 Å². The number of allylic oxidation sites excluding steroid dienone is 1. The molecule has 188 valence electrons. The summed E-state index contributed by atoms with van der Waals surface area (Å²) in [6.07, 6.45) is 0.0648. The first-order chi connectivity index (χ1) is 17.4. The van der Waals surface area contributed by atoms with Gasteiger partial charge in [-0.3, -0.25) is 4.79 Å². The van der Waals surface area contributed by atoms with Crippen molar-refractivity contribution in [3.8, 4) is 0 Å². The third kappa shape index (κ3) is 5.98. The molecule has 2 heterocycles. The minimum Gasteiger partial charge on any atom is -0.460 e. The first-order valence-corrected chi connectivity index (χ1v) is 12.5. The molecule has 0 unspecified atom stereocenters. The molecule has 2 aliphatic heterocycles. The van der Waals surface area contributed by atoms with Crippen LogP contribution in [-0.2, 0) is 25.6 Å². The van der Waals surface area contributed by atoms with Crippen molar-refractivity contribution >= 4 is 40.4 Å². The minimum absolute atomic E-state index is 0.0648. The Morgan fingerprint density at radius 2 is 1.97 bits per heavy atom. The predicted octanol–water partition coefficient (Wildman–Crippen LogP) is 4.95. The van der Waals surface area contributed by atoms with E-state index in [0.717, 1.165) is 11.1 Å². The number of thioether (sulfide) groups is 1. The molecule has 0 saturated carbocycles. The number of halogens is 2. The number of rotatable bonds is 9. The first-order valence-electron chi connectivity index (χ1n) is 11.2. The molecule has 10 heteroatoms. The van der Waals surface area contributed by atoms with Gasteiger partial charge in [0.15, 0.2) is 5.17 Å². The first kappa shape index (κ1) is 25.9. The summed E-state index contributed by atoms with van der Waals surface area (Å²) in [5.41, 5.74) is 3.16. The molecule has 0 saturated heterocycles. The number of esters is 1. The molecule has 0 aromatic heterocycles. The quantitative estimate of drug-likeness (QED) is 0.366. The number of carbonyl (C=O) groups excluding carboxylic acids is 2. The van der Waals surface area contributed by atoms with Crippen LogP contribution in [0.15, 0.2) is 75.9 Å². The lowest BCUT2D eigenvalue weighted by Crippen LogP contribution is -2.38. The number of hydrogen-bond donors (Lipinski definition) is 1. The molecule has 2 aromatic rings. The zero-order valence-corrected chi connectivity index (χ0v) is 21.4. The number of methoxy groups -OCH3 is 1. The van der Waals surface area contributed by atoms with Crippen molar-refractivity contribution in [3.05, 3.63) is 92.9 Å². The van der Waals surface area contributed by atoms with Gasteiger partial charge in [-0.05, 0) is 47.7 Å². The van der Waals surface area contributed by atoms with E-state index in [1.165, 1.54) is 31.0 Å². The molecule has 2 aromatic carbocycles. The standard InChI is InChI=1S/C26H25ClFN3O4S/c1-16-23(25(33)35-11-10-34-2)24(18-4-3-5-19(27)12-18)31-21(15-36-26(31)30-16)13-22(32)29-14-17-6-8-20(28)9-7-17/h3-9,12,15,24H,10-11,13-14H2,1-2H3,(H,29,32)/t24-/m1/s1. The van der Waals surface area contributed by atoms with Gasteiger partial charge < -0.3 is 19.7 Å². The van der Waals surface area contributed by atoms with Crippen LogP contribution in [-0.4, -0.2) is 42.3 Å². The van der Waals surface area contributed by atoms with Gasteiger partial charge in [-0.1, -0.05) is 47.6 Å². The molecule has 0 bridgehead atoms. The van der Waals surface area contributed by atoms with Crippen LogP contribution >= 0.6 is 23.4 Å². The maximum Gasteiger partial charge on any atom is 0.338 e. The number of amides is 1. The number of nitrogens with one attached hydrogen (secondary N) is 1. The summed E-state index contributed by atoms with van der Waals surface area (Å²) in [7, 11) is 1.53. The van der Waals surface area contributed by atoms with Crippen LogP contribution < -0.4 is 5.32 Å². The zero-order chi connectivity index (χ0) is 25.7. The molecule has 0 fully saturated rings. The molecule has 0 spiro atoms. The second kappa shape index (κ2) is 11.7. The lowest BCUT2D eigenvalue weighted by atomic mass is 9.94. The number of nitrogens with zero attached hydrogens (tertiary/aromatic N) is 2. The summed E-state index contributed by atoms with van der Waals surface area (Å²) in [5, 5.41) is 5.91. The minimum atomic E-state index is -0.572. The van der Waals surface area contributed by atoms with E-state index >= 15 is 0 Å². The van der Waals surface area contributed by atoms with Crippen molar-refractivity contribution in [3.63, 3.8) is 0 Å². The molecule has 1 amide bonds. The maximum atomic E-state index is 13.2. The molecular weight excluding hydrogens is 505 g/mol. The lowest BCUT2D eigenvalue weighted by Gasteiger charge is -2.36. The summed E-state index contributed by atoms with van der Waals surface area (Å²) in [6, 6.07) is 12.6. The summed E-state index contributed by atoms with van der Waals surface area (Å²) in [4.78, 5) is 32.5. The van der Waals surface area contributed by atoms with E-state index in [4.69, 9.17) is 21.1 Å². The van der Waals surface area contributed by atoms with Gasteiger partial charge in [-0.15, -0.1) is 0 Å². The largest absolute Gasteiger partial charge is 0.460 e. The number of hydrogen-bond acceptors (Lipinski definition) is 7. The zero-order valence-electron chi connectivity index (χ0n) is 19.8. The van der Waals surface area contributed by atoms with Crippen molar-refractivity contribution < 1.29 is 23.5 Å². The fourth-order valence-electron chi connectivity index (χ4n) is 3.95. The van der Waals surface area contributed by atoms with E-state index in [-0.39, 0.29) is 37.9 Å². The van der Waals surface area contributed by atoms with E-state index in [0.29, 0.717) is 27.2 Å². The highest BCUT2D eigenvalue weighted by molar-refractivity contribution is 8.16. The molecule has 4 rings (SSSR count).